The van der Waals surface area contributed by atoms with Crippen LogP contribution in [-0.2, 0) is 37.5 Å². The van der Waals surface area contributed by atoms with Crippen molar-refractivity contribution in [1.29, 1.82) is 0 Å². The first-order valence-electron chi connectivity index (χ1n) is 20.6. The number of allylic oxidation sites excluding steroid dienone is 4. The van der Waals surface area contributed by atoms with Gasteiger partial charge in [-0.25, -0.2) is 9.97 Å². The maximum absolute atomic E-state index is 13.8. The van der Waals surface area contributed by atoms with E-state index < -0.39 is 23.6 Å². The number of imidazole rings is 2. The molecule has 0 fully saturated rings. The Morgan fingerprint density at radius 3 is 2.02 bits per heavy atom. The van der Waals surface area contributed by atoms with Crippen LogP contribution >= 0.6 is 0 Å². The molecule has 0 unspecified atom stereocenters. The third-order valence-electron chi connectivity index (χ3n) is 9.67. The van der Waals surface area contributed by atoms with Crippen LogP contribution in [0.1, 0.15) is 63.4 Å². The van der Waals surface area contributed by atoms with E-state index in [9.17, 15) is 19.2 Å². The summed E-state index contributed by atoms with van der Waals surface area (Å²) in [5.41, 5.74) is 21.4. The number of nitrogens with two attached hydrogens (primary N) is 3. The Hall–Kier alpha value is -8.14. The van der Waals surface area contributed by atoms with Gasteiger partial charge in [-0.3, -0.25) is 39.5 Å². The molecule has 4 heterocycles. The minimum atomic E-state index is -0.701. The number of carbonyl (C=O) groups excluding carboxylic acids is 4. The van der Waals surface area contributed by atoms with Gasteiger partial charge in [-0.15, -0.1) is 0 Å². The van der Waals surface area contributed by atoms with Crippen molar-refractivity contribution in [1.82, 2.24) is 49.2 Å². The highest BCUT2D eigenvalue weighted by Gasteiger charge is 2.23. The van der Waals surface area contributed by atoms with Gasteiger partial charge >= 0.3 is 0 Å². The lowest BCUT2D eigenvalue weighted by Gasteiger charge is -2.13. The van der Waals surface area contributed by atoms with Gasteiger partial charge in [-0.05, 0) is 77.2 Å². The number of amides is 4. The van der Waals surface area contributed by atoms with Crippen LogP contribution in [0.4, 0.5) is 11.9 Å². The van der Waals surface area contributed by atoms with Crippen molar-refractivity contribution < 1.29 is 28.7 Å². The molecular weight excluding hydrogens is 837 g/mol. The summed E-state index contributed by atoms with van der Waals surface area (Å²) in [5.74, 6) is -1.59. The fourth-order valence-electron chi connectivity index (χ4n) is 6.84. The molecule has 0 atom stereocenters. The van der Waals surface area contributed by atoms with Crippen molar-refractivity contribution in [2.24, 2.45) is 22.2 Å². The lowest BCUT2D eigenvalue weighted by molar-refractivity contribution is -0.110. The summed E-state index contributed by atoms with van der Waals surface area (Å²) < 4.78 is 17.0. The zero-order chi connectivity index (χ0) is 46.8. The molecule has 6 rings (SSSR count). The van der Waals surface area contributed by atoms with E-state index in [2.05, 4.69) is 41.2 Å². The number of aliphatic imine (C=N–C) groups is 1. The van der Waals surface area contributed by atoms with Gasteiger partial charge < -0.3 is 41.1 Å². The molecule has 9 N–H and O–H groups in total. The molecule has 0 saturated carbocycles. The van der Waals surface area contributed by atoms with Crippen molar-refractivity contribution in [3.05, 3.63) is 101 Å². The van der Waals surface area contributed by atoms with Crippen LogP contribution in [0.25, 0.3) is 22.1 Å². The van der Waals surface area contributed by atoms with Crippen molar-refractivity contribution in [2.75, 3.05) is 37.9 Å². The predicted molar refractivity (Wildman–Crippen MR) is 245 cm³/mol. The molecule has 0 saturated heterocycles. The zero-order valence-electron chi connectivity index (χ0n) is 37.0. The summed E-state index contributed by atoms with van der Waals surface area (Å²) in [7, 11) is 3.27. The van der Waals surface area contributed by atoms with Gasteiger partial charge in [-0.1, -0.05) is 18.2 Å². The summed E-state index contributed by atoms with van der Waals surface area (Å²) in [6.45, 7) is 9.18. The molecule has 0 aliphatic carbocycles. The number of benzene rings is 2. The lowest BCUT2D eigenvalue weighted by atomic mass is 10.1. The summed E-state index contributed by atoms with van der Waals surface area (Å²) in [5, 5.41) is 21.9. The Kier molecular flexibility index (Phi) is 14.9. The van der Waals surface area contributed by atoms with Crippen LogP contribution in [0, 0.1) is 6.92 Å². The first-order chi connectivity index (χ1) is 31.2. The molecule has 22 heteroatoms. The van der Waals surface area contributed by atoms with Crippen molar-refractivity contribution in [3.63, 3.8) is 0 Å². The number of hydrogen-bond acceptors (Lipinski definition) is 14. The van der Waals surface area contributed by atoms with Crippen LogP contribution in [-0.4, -0.2) is 101 Å². The Morgan fingerprint density at radius 2 is 1.43 bits per heavy atom. The van der Waals surface area contributed by atoms with E-state index in [0.717, 1.165) is 5.69 Å². The number of rotatable bonds is 21. The maximum atomic E-state index is 13.8. The third kappa shape index (κ3) is 10.9. The van der Waals surface area contributed by atoms with Crippen LogP contribution < -0.4 is 42.6 Å². The number of anilines is 2. The largest absolute Gasteiger partial charge is 0.494 e. The topological polar surface area (TPSA) is 297 Å². The van der Waals surface area contributed by atoms with E-state index in [0.29, 0.717) is 65.3 Å². The summed E-state index contributed by atoms with van der Waals surface area (Å²) >= 11 is 0. The van der Waals surface area contributed by atoms with Gasteiger partial charge in [-0.2, -0.15) is 20.1 Å². The van der Waals surface area contributed by atoms with E-state index in [1.54, 1.807) is 57.7 Å². The molecule has 0 aliphatic heterocycles. The molecule has 2 aromatic carbocycles. The van der Waals surface area contributed by atoms with Crippen molar-refractivity contribution in [2.45, 2.75) is 60.4 Å². The summed E-state index contributed by atoms with van der Waals surface area (Å²) in [6.07, 6.45) is 10.4. The number of aromatic nitrogens is 9. The quantitative estimate of drug-likeness (QED) is 0.0448. The number of nitrogens with one attached hydrogen (secondary N) is 3. The molecule has 4 amide bonds. The van der Waals surface area contributed by atoms with Gasteiger partial charge in [0.05, 0.1) is 42.3 Å². The van der Waals surface area contributed by atoms with Crippen LogP contribution in [0.3, 0.4) is 0 Å². The van der Waals surface area contributed by atoms with Crippen LogP contribution in [0.2, 0.25) is 0 Å². The van der Waals surface area contributed by atoms with E-state index >= 15 is 0 Å². The summed E-state index contributed by atoms with van der Waals surface area (Å²) in [4.78, 5) is 67.4. The fraction of sp³-hybridized carbons (Fsp3) is 0.302. The van der Waals surface area contributed by atoms with Gasteiger partial charge in [0.25, 0.3) is 11.8 Å². The minimum Gasteiger partial charge on any atom is -0.494 e. The number of ether oxygens (including phenoxy) is 2. The van der Waals surface area contributed by atoms with E-state index in [1.165, 1.54) is 37.5 Å². The second kappa shape index (κ2) is 20.8. The van der Waals surface area contributed by atoms with Crippen molar-refractivity contribution in [3.8, 4) is 11.5 Å². The van der Waals surface area contributed by atoms with Crippen LogP contribution in [0.15, 0.2) is 77.6 Å². The molecule has 22 nitrogen and oxygen atoms in total. The van der Waals surface area contributed by atoms with Gasteiger partial charge in [0.2, 0.25) is 23.7 Å². The van der Waals surface area contributed by atoms with Gasteiger partial charge in [0.15, 0.2) is 0 Å². The first-order valence-corrected chi connectivity index (χ1v) is 20.6. The Labute approximate surface area is 373 Å². The molecule has 0 radical (unpaired) electrons. The zero-order valence-corrected chi connectivity index (χ0v) is 37.0. The molecule has 340 valence electrons. The highest BCUT2D eigenvalue weighted by Crippen LogP contribution is 2.33. The fourth-order valence-corrected chi connectivity index (χ4v) is 6.84. The molecule has 6 aromatic rings. The number of primary amides is 2. The van der Waals surface area contributed by atoms with Crippen molar-refractivity contribution >= 4 is 63.3 Å². The van der Waals surface area contributed by atoms with E-state index in [-0.39, 0.29) is 59.9 Å². The number of carbonyl (C=O) groups is 4. The number of nitrogens with zero attached hydrogens (tertiary/aromatic N) is 10. The highest BCUT2D eigenvalue weighted by atomic mass is 16.5. The number of hydrogen-bond donors (Lipinski definition) is 6. The Morgan fingerprint density at radius 1 is 0.815 bits per heavy atom. The standard InChI is InChI=1S/C43H52N16O6/c1-7-48-32(17-25(3)44)40(62)52-42-50-30-19-27(38(45)60)21-34(64-6)36(30)56(42)13-9-10-14-57-37-31(51-43(57)53-41(63)33-18-26(4)54-58(33)8-2)20-28(39(46)61)22-35(37)65-16-12-11-15-59-49-24-29(55-59)23-47-5/h9-12,17-22,24,47H,7-8,13-16,23,44H2,1-6H3,(H2,45,60)(H2,46,61)(H,50,52,62)(H,51,53,63)/b10-9+,12-11+,25-17-,48-32?. The predicted octanol–water partition coefficient (Wildman–Crippen LogP) is 2.83. The smallest absolute Gasteiger partial charge is 0.276 e. The van der Waals surface area contributed by atoms with Crippen LogP contribution in [0.5, 0.6) is 11.5 Å². The minimum absolute atomic E-state index is 0.0897. The molecule has 0 aliphatic rings. The second-order valence-corrected chi connectivity index (χ2v) is 14.5. The first kappa shape index (κ1) is 46.4. The monoisotopic (exact) mass is 888 g/mol. The Balaban J connectivity index is 1.38. The molecule has 4 aromatic heterocycles. The third-order valence-corrected chi connectivity index (χ3v) is 9.67. The maximum Gasteiger partial charge on any atom is 0.276 e. The number of aryl methyl sites for hydroxylation is 2. The van der Waals surface area contributed by atoms with E-state index in [4.69, 9.17) is 31.7 Å². The van der Waals surface area contributed by atoms with Gasteiger partial charge in [0.1, 0.15) is 40.5 Å². The SMILES string of the molecule is CCN=C(/C=C(/C)N)C(=O)Nc1nc2cc(C(N)=O)cc(OC)c2n1C/C=C/Cn1c(NC(=O)c2cc(C)nn2CC)nc2cc(C(N)=O)cc(OC/C=C/Cn3ncc(CNC)n3)c21. The number of methoxy groups -OCH3 is 1. The average Bonchev–Trinajstić information content (AvgIpc) is 4.05. The normalized spacial score (nSPS) is 12.2. The lowest BCUT2D eigenvalue weighted by Crippen LogP contribution is -2.24. The van der Waals surface area contributed by atoms with Gasteiger partial charge in [0, 0.05) is 49.5 Å². The summed E-state index contributed by atoms with van der Waals surface area (Å²) in [6, 6.07) is 7.73. The second-order valence-electron chi connectivity index (χ2n) is 14.5. The molecule has 0 spiro atoms. The molecule has 0 bridgehead atoms. The van der Waals surface area contributed by atoms with E-state index in [1.807, 2.05) is 32.2 Å². The Bertz CT molecular complexity index is 2870. The molecular formula is C43H52N16O6. The average molecular weight is 889 g/mol. The highest BCUT2D eigenvalue weighted by molar-refractivity contribution is 6.47. The molecule has 65 heavy (non-hydrogen) atoms. The number of fused-ring (bicyclic) bond motifs is 2.